The Hall–Kier alpha value is -0.910. The molecule has 0 saturated carbocycles. The van der Waals surface area contributed by atoms with Crippen LogP contribution in [-0.4, -0.2) is 21.3 Å². The second-order valence-corrected chi connectivity index (χ2v) is 5.87. The summed E-state index contributed by atoms with van der Waals surface area (Å²) < 4.78 is 1.91. The highest BCUT2D eigenvalue weighted by molar-refractivity contribution is 7.09. The highest BCUT2D eigenvalue weighted by atomic mass is 35.5. The summed E-state index contributed by atoms with van der Waals surface area (Å²) in [6.45, 7) is 8.63. The van der Waals surface area contributed by atoms with Gasteiger partial charge in [0, 0.05) is 11.9 Å². The zero-order chi connectivity index (χ0) is 13.8. The van der Waals surface area contributed by atoms with Gasteiger partial charge in [-0.05, 0) is 26.8 Å². The fourth-order valence-corrected chi connectivity index (χ4v) is 2.75. The quantitative estimate of drug-likeness (QED) is 0.833. The molecule has 0 fully saturated rings. The third-order valence-electron chi connectivity index (χ3n) is 2.91. The van der Waals surface area contributed by atoms with Crippen LogP contribution in [-0.2, 0) is 13.1 Å². The minimum atomic E-state index is 0.684. The molecule has 4 nitrogen and oxygen atoms in total. The van der Waals surface area contributed by atoms with E-state index in [1.54, 1.807) is 11.3 Å². The van der Waals surface area contributed by atoms with Crippen molar-refractivity contribution >= 4 is 22.9 Å². The van der Waals surface area contributed by atoms with Crippen LogP contribution in [0, 0.1) is 13.8 Å². The van der Waals surface area contributed by atoms with Crippen LogP contribution in [0.2, 0.25) is 5.02 Å². The molecule has 0 unspecified atom stereocenters. The molecule has 104 valence electrons. The summed E-state index contributed by atoms with van der Waals surface area (Å²) in [5.41, 5.74) is 2.91. The van der Waals surface area contributed by atoms with Crippen molar-refractivity contribution in [2.45, 2.75) is 40.3 Å². The van der Waals surface area contributed by atoms with E-state index in [1.807, 2.05) is 18.5 Å². The number of halogens is 1. The number of thiazole rings is 1. The van der Waals surface area contributed by atoms with Gasteiger partial charge in [-0.2, -0.15) is 5.10 Å². The van der Waals surface area contributed by atoms with Gasteiger partial charge in [0.05, 0.1) is 28.6 Å². The van der Waals surface area contributed by atoms with E-state index in [4.69, 9.17) is 11.6 Å². The van der Waals surface area contributed by atoms with Gasteiger partial charge in [0.25, 0.3) is 0 Å². The Bertz CT molecular complexity index is 547. The Morgan fingerprint density at radius 2 is 2.21 bits per heavy atom. The van der Waals surface area contributed by atoms with E-state index < -0.39 is 0 Å². The highest BCUT2D eigenvalue weighted by Crippen LogP contribution is 2.20. The lowest BCUT2D eigenvalue weighted by Crippen LogP contribution is -2.13. The molecule has 0 aliphatic rings. The minimum Gasteiger partial charge on any atom is -0.310 e. The van der Waals surface area contributed by atoms with Gasteiger partial charge in [0.2, 0.25) is 0 Å². The van der Waals surface area contributed by atoms with E-state index in [0.717, 1.165) is 46.6 Å². The Balaban J connectivity index is 2.01. The van der Waals surface area contributed by atoms with E-state index in [9.17, 15) is 0 Å². The van der Waals surface area contributed by atoms with E-state index >= 15 is 0 Å². The van der Waals surface area contributed by atoms with Crippen molar-refractivity contribution in [3.63, 3.8) is 0 Å². The first-order valence-electron chi connectivity index (χ1n) is 6.45. The monoisotopic (exact) mass is 298 g/mol. The molecule has 0 spiro atoms. The number of nitrogens with zero attached hydrogens (tertiary/aromatic N) is 3. The smallest absolute Gasteiger partial charge is 0.107 e. The average molecular weight is 299 g/mol. The van der Waals surface area contributed by atoms with Gasteiger partial charge in [-0.25, -0.2) is 4.98 Å². The van der Waals surface area contributed by atoms with Crippen LogP contribution in [0.25, 0.3) is 0 Å². The van der Waals surface area contributed by atoms with Crippen molar-refractivity contribution in [3.05, 3.63) is 32.5 Å². The van der Waals surface area contributed by atoms with Crippen LogP contribution in [0.3, 0.4) is 0 Å². The average Bonchev–Trinajstić information content (AvgIpc) is 2.92. The maximum Gasteiger partial charge on any atom is 0.107 e. The fraction of sp³-hybridized carbons (Fsp3) is 0.538. The Morgan fingerprint density at radius 3 is 2.84 bits per heavy atom. The Kier molecular flexibility index (Phi) is 4.96. The molecule has 0 radical (unpaired) electrons. The van der Waals surface area contributed by atoms with Gasteiger partial charge in [-0.15, -0.1) is 11.3 Å². The SMILES string of the molecule is CCCNCc1nc(Cn2nc(C)c(Cl)c2C)cs1. The number of aromatic nitrogens is 3. The Morgan fingerprint density at radius 1 is 1.42 bits per heavy atom. The second-order valence-electron chi connectivity index (χ2n) is 4.55. The van der Waals surface area contributed by atoms with Crippen LogP contribution in [0.5, 0.6) is 0 Å². The highest BCUT2D eigenvalue weighted by Gasteiger charge is 2.10. The van der Waals surface area contributed by atoms with Crippen LogP contribution in [0.1, 0.15) is 35.4 Å². The van der Waals surface area contributed by atoms with E-state index in [0.29, 0.717) is 6.54 Å². The molecular weight excluding hydrogens is 280 g/mol. The van der Waals surface area contributed by atoms with Crippen molar-refractivity contribution in [1.82, 2.24) is 20.1 Å². The summed E-state index contributed by atoms with van der Waals surface area (Å²) in [5.74, 6) is 0. The first-order valence-corrected chi connectivity index (χ1v) is 7.71. The van der Waals surface area contributed by atoms with Crippen molar-refractivity contribution in [2.75, 3.05) is 6.54 Å². The molecule has 0 amide bonds. The third kappa shape index (κ3) is 3.55. The largest absolute Gasteiger partial charge is 0.310 e. The predicted octanol–water partition coefficient (Wildman–Crippen LogP) is 3.16. The molecule has 0 aliphatic heterocycles. The molecule has 0 aliphatic carbocycles. The maximum absolute atomic E-state index is 6.14. The van der Waals surface area contributed by atoms with Gasteiger partial charge in [-0.3, -0.25) is 4.68 Å². The molecule has 19 heavy (non-hydrogen) atoms. The zero-order valence-electron chi connectivity index (χ0n) is 11.5. The molecule has 2 aromatic rings. The molecule has 0 aromatic carbocycles. The third-order valence-corrected chi connectivity index (χ3v) is 4.35. The molecule has 2 heterocycles. The Labute approximate surface area is 122 Å². The predicted molar refractivity (Wildman–Crippen MR) is 79.9 cm³/mol. The fourth-order valence-electron chi connectivity index (χ4n) is 1.86. The van der Waals surface area contributed by atoms with E-state index in [2.05, 4.69) is 27.7 Å². The van der Waals surface area contributed by atoms with Gasteiger partial charge in [-0.1, -0.05) is 18.5 Å². The molecule has 1 N–H and O–H groups in total. The molecule has 2 aromatic heterocycles. The second kappa shape index (κ2) is 6.50. The molecule has 2 rings (SSSR count). The van der Waals surface area contributed by atoms with Crippen LogP contribution in [0.4, 0.5) is 0 Å². The summed E-state index contributed by atoms with van der Waals surface area (Å²) in [5, 5.41) is 11.7. The summed E-state index contributed by atoms with van der Waals surface area (Å²) in [4.78, 5) is 4.61. The number of hydrogen-bond donors (Lipinski definition) is 1. The van der Waals surface area contributed by atoms with E-state index in [-0.39, 0.29) is 0 Å². The van der Waals surface area contributed by atoms with Gasteiger partial charge in [0.1, 0.15) is 5.01 Å². The maximum atomic E-state index is 6.14. The summed E-state index contributed by atoms with van der Waals surface area (Å²) in [6.07, 6.45) is 1.14. The van der Waals surface area contributed by atoms with Crippen LogP contribution < -0.4 is 5.32 Å². The standard InChI is InChI=1S/C13H19ClN4S/c1-4-5-15-6-12-16-11(8-19-12)7-18-10(3)13(14)9(2)17-18/h8,15H,4-7H2,1-3H3. The van der Waals surface area contributed by atoms with Gasteiger partial charge in [0.15, 0.2) is 0 Å². The number of rotatable bonds is 6. The number of hydrogen-bond acceptors (Lipinski definition) is 4. The lowest BCUT2D eigenvalue weighted by atomic mass is 10.4. The number of nitrogens with one attached hydrogen (secondary N) is 1. The number of aryl methyl sites for hydroxylation is 1. The molecule has 0 atom stereocenters. The molecule has 0 bridgehead atoms. The van der Waals surface area contributed by atoms with Crippen LogP contribution in [0.15, 0.2) is 5.38 Å². The lowest BCUT2D eigenvalue weighted by Gasteiger charge is -2.01. The van der Waals surface area contributed by atoms with Crippen molar-refractivity contribution in [3.8, 4) is 0 Å². The van der Waals surface area contributed by atoms with Crippen molar-refractivity contribution < 1.29 is 0 Å². The molecule has 0 saturated heterocycles. The molecule has 6 heteroatoms. The molecular formula is C13H19ClN4S. The van der Waals surface area contributed by atoms with Crippen molar-refractivity contribution in [1.29, 1.82) is 0 Å². The van der Waals surface area contributed by atoms with Crippen LogP contribution >= 0.6 is 22.9 Å². The van der Waals surface area contributed by atoms with E-state index in [1.165, 1.54) is 0 Å². The van der Waals surface area contributed by atoms with Gasteiger partial charge >= 0.3 is 0 Å². The summed E-state index contributed by atoms with van der Waals surface area (Å²) >= 11 is 7.83. The first kappa shape index (κ1) is 14.5. The normalized spacial score (nSPS) is 11.2. The minimum absolute atomic E-state index is 0.684. The topological polar surface area (TPSA) is 42.7 Å². The summed E-state index contributed by atoms with van der Waals surface area (Å²) in [7, 11) is 0. The zero-order valence-corrected chi connectivity index (χ0v) is 13.1. The van der Waals surface area contributed by atoms with Crippen molar-refractivity contribution in [2.24, 2.45) is 0 Å². The first-order chi connectivity index (χ1) is 9.11. The lowest BCUT2D eigenvalue weighted by molar-refractivity contribution is 0.640. The summed E-state index contributed by atoms with van der Waals surface area (Å²) in [6, 6.07) is 0. The van der Waals surface area contributed by atoms with Gasteiger partial charge < -0.3 is 5.32 Å².